The number of anilines is 1. The number of thiazole rings is 1. The van der Waals surface area contributed by atoms with Gasteiger partial charge in [-0.05, 0) is 13.0 Å². The zero-order valence-electron chi connectivity index (χ0n) is 17.9. The van der Waals surface area contributed by atoms with Crippen molar-refractivity contribution in [1.29, 1.82) is 0 Å². The molecular weight excluding hydrogens is 497 g/mol. The standard InChI is InChI=1S/C21H16ClF3N4O4S/c1-9-11(15-17(31)28(2)20(32)29(3)18(15)33-9)7-14(30)27-19-26-13(8-34-19)10-5-4-6-12(22)16(10)21(23,24)25/h4-6,8H,7H2,1-3H3,(H,26,27,30). The van der Waals surface area contributed by atoms with Crippen molar-refractivity contribution in [2.75, 3.05) is 5.32 Å². The van der Waals surface area contributed by atoms with Gasteiger partial charge in [-0.1, -0.05) is 23.7 Å². The van der Waals surface area contributed by atoms with Crippen LogP contribution >= 0.6 is 22.9 Å². The fourth-order valence-corrected chi connectivity index (χ4v) is 4.61. The number of rotatable bonds is 4. The van der Waals surface area contributed by atoms with Crippen LogP contribution in [0.3, 0.4) is 0 Å². The Kier molecular flexibility index (Phi) is 5.90. The SMILES string of the molecule is Cc1oc2c(c1CC(=O)Nc1nc(-c3cccc(Cl)c3C(F)(F)F)cs1)c(=O)n(C)c(=O)n2C. The Morgan fingerprint density at radius 2 is 1.94 bits per heavy atom. The van der Waals surface area contributed by atoms with Crippen molar-refractivity contribution in [1.82, 2.24) is 14.1 Å². The highest BCUT2D eigenvalue weighted by molar-refractivity contribution is 7.14. The normalized spacial score (nSPS) is 11.9. The molecular formula is C21H16ClF3N4O4S. The average Bonchev–Trinajstić information content (AvgIpc) is 3.34. The van der Waals surface area contributed by atoms with Crippen LogP contribution in [0.15, 0.2) is 37.6 Å². The number of alkyl halides is 3. The summed E-state index contributed by atoms with van der Waals surface area (Å²) in [6.07, 6.45) is -4.96. The Morgan fingerprint density at radius 3 is 2.62 bits per heavy atom. The number of nitrogens with zero attached hydrogens (tertiary/aromatic N) is 3. The first-order chi connectivity index (χ1) is 15.9. The summed E-state index contributed by atoms with van der Waals surface area (Å²) >= 11 is 6.71. The fourth-order valence-electron chi connectivity index (χ4n) is 3.60. The number of hydrogen-bond acceptors (Lipinski definition) is 6. The summed E-state index contributed by atoms with van der Waals surface area (Å²) in [7, 11) is 2.76. The molecule has 4 rings (SSSR count). The fraction of sp³-hybridized carbons (Fsp3) is 0.238. The molecule has 0 aliphatic carbocycles. The highest BCUT2D eigenvalue weighted by Gasteiger charge is 2.36. The Labute approximate surface area is 198 Å². The number of aromatic nitrogens is 3. The Balaban J connectivity index is 1.64. The average molecular weight is 513 g/mol. The molecule has 0 fully saturated rings. The van der Waals surface area contributed by atoms with E-state index in [0.717, 1.165) is 22.0 Å². The van der Waals surface area contributed by atoms with Gasteiger partial charge < -0.3 is 9.73 Å². The number of nitrogens with one attached hydrogen (secondary N) is 1. The van der Waals surface area contributed by atoms with Gasteiger partial charge in [-0.2, -0.15) is 13.2 Å². The van der Waals surface area contributed by atoms with Crippen molar-refractivity contribution in [2.45, 2.75) is 19.5 Å². The van der Waals surface area contributed by atoms with E-state index in [1.807, 2.05) is 0 Å². The first kappa shape index (κ1) is 23.8. The largest absolute Gasteiger partial charge is 0.444 e. The van der Waals surface area contributed by atoms with E-state index >= 15 is 0 Å². The first-order valence-corrected chi connectivity index (χ1v) is 10.9. The van der Waals surface area contributed by atoms with Crippen LogP contribution < -0.4 is 16.6 Å². The molecule has 3 aromatic heterocycles. The molecule has 0 radical (unpaired) electrons. The second-order valence-corrected chi connectivity index (χ2v) is 8.71. The van der Waals surface area contributed by atoms with Gasteiger partial charge in [-0.15, -0.1) is 11.3 Å². The van der Waals surface area contributed by atoms with Gasteiger partial charge in [0.25, 0.3) is 5.56 Å². The monoisotopic (exact) mass is 512 g/mol. The third-order valence-electron chi connectivity index (χ3n) is 5.25. The molecule has 0 atom stereocenters. The lowest BCUT2D eigenvalue weighted by Crippen LogP contribution is -2.36. The quantitative estimate of drug-likeness (QED) is 0.443. The lowest BCUT2D eigenvalue weighted by Gasteiger charge is -2.12. The molecule has 13 heteroatoms. The molecule has 1 N–H and O–H groups in total. The molecule has 1 amide bonds. The summed E-state index contributed by atoms with van der Waals surface area (Å²) < 4.78 is 48.0. The van der Waals surface area contributed by atoms with E-state index in [1.165, 1.54) is 36.2 Å². The summed E-state index contributed by atoms with van der Waals surface area (Å²) in [5, 5.41) is 3.62. The van der Waals surface area contributed by atoms with Crippen LogP contribution in [0.1, 0.15) is 16.9 Å². The molecule has 0 bridgehead atoms. The van der Waals surface area contributed by atoms with E-state index in [4.69, 9.17) is 16.0 Å². The van der Waals surface area contributed by atoms with Gasteiger partial charge in [0, 0.05) is 30.6 Å². The topological polar surface area (TPSA) is 99.1 Å². The number of benzene rings is 1. The molecule has 4 aromatic rings. The summed E-state index contributed by atoms with van der Waals surface area (Å²) in [5.41, 5.74) is -2.05. The minimum Gasteiger partial charge on any atom is -0.444 e. The zero-order chi connectivity index (χ0) is 24.9. The smallest absolute Gasteiger partial charge is 0.418 e. The van der Waals surface area contributed by atoms with Crippen LogP contribution in [0.2, 0.25) is 5.02 Å². The Morgan fingerprint density at radius 1 is 1.24 bits per heavy atom. The summed E-state index contributed by atoms with van der Waals surface area (Å²) in [6, 6.07) is 3.77. The number of hydrogen-bond donors (Lipinski definition) is 1. The van der Waals surface area contributed by atoms with Crippen molar-refractivity contribution >= 4 is 45.1 Å². The van der Waals surface area contributed by atoms with Gasteiger partial charge in [0.15, 0.2) is 5.13 Å². The molecule has 0 spiro atoms. The van der Waals surface area contributed by atoms with Gasteiger partial charge in [0.05, 0.1) is 22.7 Å². The van der Waals surface area contributed by atoms with E-state index in [9.17, 15) is 27.6 Å². The zero-order valence-corrected chi connectivity index (χ0v) is 19.5. The minimum absolute atomic E-state index is 0.00364. The third-order valence-corrected chi connectivity index (χ3v) is 6.32. The summed E-state index contributed by atoms with van der Waals surface area (Å²) in [5.74, 6) is -0.276. The van der Waals surface area contributed by atoms with Crippen LogP contribution in [0.4, 0.5) is 18.3 Å². The van der Waals surface area contributed by atoms with Crippen molar-refractivity contribution < 1.29 is 22.4 Å². The Bertz CT molecular complexity index is 1570. The van der Waals surface area contributed by atoms with Crippen LogP contribution in [0, 0.1) is 6.92 Å². The molecule has 3 heterocycles. The lowest BCUT2D eigenvalue weighted by atomic mass is 10.0. The molecule has 0 saturated carbocycles. The number of halogens is 4. The van der Waals surface area contributed by atoms with Crippen LogP contribution in [0.5, 0.6) is 0 Å². The number of carbonyl (C=O) groups is 1. The van der Waals surface area contributed by atoms with Crippen molar-refractivity contribution in [3.05, 3.63) is 66.3 Å². The number of furan rings is 1. The second-order valence-electron chi connectivity index (χ2n) is 7.45. The van der Waals surface area contributed by atoms with Crippen molar-refractivity contribution in [3.63, 3.8) is 0 Å². The van der Waals surface area contributed by atoms with Gasteiger partial charge >= 0.3 is 11.9 Å². The van der Waals surface area contributed by atoms with Crippen molar-refractivity contribution in [3.8, 4) is 11.3 Å². The molecule has 0 aliphatic rings. The lowest BCUT2D eigenvalue weighted by molar-refractivity contribution is -0.137. The predicted octanol–water partition coefficient (Wildman–Crippen LogP) is 4.12. The maximum absolute atomic E-state index is 13.5. The van der Waals surface area contributed by atoms with E-state index in [0.29, 0.717) is 5.56 Å². The summed E-state index contributed by atoms with van der Waals surface area (Å²) in [4.78, 5) is 41.5. The molecule has 34 heavy (non-hydrogen) atoms. The summed E-state index contributed by atoms with van der Waals surface area (Å²) in [6.45, 7) is 1.56. The maximum Gasteiger partial charge on any atom is 0.418 e. The highest BCUT2D eigenvalue weighted by atomic mass is 35.5. The second kappa shape index (κ2) is 8.44. The highest BCUT2D eigenvalue weighted by Crippen LogP contribution is 2.41. The first-order valence-electron chi connectivity index (χ1n) is 9.69. The number of aryl methyl sites for hydroxylation is 2. The Hall–Kier alpha value is -3.38. The molecule has 1 aromatic carbocycles. The van der Waals surface area contributed by atoms with Crippen molar-refractivity contribution in [2.24, 2.45) is 14.1 Å². The van der Waals surface area contributed by atoms with E-state index < -0.39 is 33.9 Å². The van der Waals surface area contributed by atoms with Crippen LogP contribution in [0.25, 0.3) is 22.4 Å². The van der Waals surface area contributed by atoms with Crippen LogP contribution in [-0.2, 0) is 31.5 Å². The van der Waals surface area contributed by atoms with Crippen LogP contribution in [-0.4, -0.2) is 20.0 Å². The molecule has 178 valence electrons. The third kappa shape index (κ3) is 4.03. The molecule has 0 saturated heterocycles. The van der Waals surface area contributed by atoms with Gasteiger partial charge in [0.2, 0.25) is 11.6 Å². The number of carbonyl (C=O) groups excluding carboxylic acids is 1. The van der Waals surface area contributed by atoms with Gasteiger partial charge in [-0.3, -0.25) is 18.7 Å². The number of fused-ring (bicyclic) bond motifs is 1. The predicted molar refractivity (Wildman–Crippen MR) is 121 cm³/mol. The minimum atomic E-state index is -4.69. The molecule has 8 nitrogen and oxygen atoms in total. The van der Waals surface area contributed by atoms with E-state index in [-0.39, 0.29) is 39.7 Å². The maximum atomic E-state index is 13.5. The molecule has 0 unspecified atom stereocenters. The number of amides is 1. The molecule has 0 aliphatic heterocycles. The van der Waals surface area contributed by atoms with E-state index in [2.05, 4.69) is 10.3 Å². The van der Waals surface area contributed by atoms with E-state index in [1.54, 1.807) is 6.92 Å². The van der Waals surface area contributed by atoms with Gasteiger partial charge in [-0.25, -0.2) is 9.78 Å². The van der Waals surface area contributed by atoms with Gasteiger partial charge in [0.1, 0.15) is 11.1 Å².